The lowest BCUT2D eigenvalue weighted by atomic mass is 9.94. The van der Waals surface area contributed by atoms with Gasteiger partial charge < -0.3 is 10.1 Å². The van der Waals surface area contributed by atoms with Gasteiger partial charge in [-0.3, -0.25) is 0 Å². The fraction of sp³-hybridized carbons (Fsp3) is 0.529. The topological polar surface area (TPSA) is 21.3 Å². The Bertz CT molecular complexity index is 578. The smallest absolute Gasteiger partial charge is 0.432 e. The lowest BCUT2D eigenvalue weighted by molar-refractivity contribution is -0.230. The highest BCUT2D eigenvalue weighted by atomic mass is 19.4. The van der Waals surface area contributed by atoms with E-state index >= 15 is 0 Å². The Morgan fingerprint density at radius 2 is 1.95 bits per heavy atom. The quantitative estimate of drug-likeness (QED) is 0.827. The van der Waals surface area contributed by atoms with Crippen LogP contribution in [0.2, 0.25) is 0 Å². The molecular formula is C17H22F3NO. The molecule has 122 valence electrons. The van der Waals surface area contributed by atoms with E-state index in [1.54, 1.807) is 6.07 Å². The highest BCUT2D eigenvalue weighted by Gasteiger charge is 2.55. The molecule has 0 aliphatic carbocycles. The van der Waals surface area contributed by atoms with Gasteiger partial charge in [-0.25, -0.2) is 0 Å². The molecule has 0 saturated heterocycles. The van der Waals surface area contributed by atoms with E-state index in [0.29, 0.717) is 11.5 Å². The van der Waals surface area contributed by atoms with Crippen LogP contribution in [0.5, 0.6) is 5.75 Å². The average Bonchev–Trinajstić information content (AvgIpc) is 2.43. The van der Waals surface area contributed by atoms with Crippen LogP contribution in [0.15, 0.2) is 18.2 Å². The van der Waals surface area contributed by atoms with Crippen LogP contribution < -0.4 is 10.1 Å². The van der Waals surface area contributed by atoms with E-state index in [-0.39, 0.29) is 12.2 Å². The first-order valence-corrected chi connectivity index (χ1v) is 7.52. The van der Waals surface area contributed by atoms with Crippen molar-refractivity contribution in [1.82, 2.24) is 0 Å². The standard InChI is InChI=1S/C17H22F3NO/c1-5-16(17(18,19)20)7-6-13-8-12(4)14(9-15(13)22-16)21-10-11(2)3/h6-9,11,21H,5,10H2,1-4H3. The lowest BCUT2D eigenvalue weighted by Gasteiger charge is -2.36. The normalized spacial score (nSPS) is 20.7. The molecule has 2 rings (SSSR count). The molecular weight excluding hydrogens is 291 g/mol. The Morgan fingerprint density at radius 1 is 1.27 bits per heavy atom. The summed E-state index contributed by atoms with van der Waals surface area (Å²) in [5.41, 5.74) is 0.254. The number of benzene rings is 1. The SMILES string of the molecule is CCC1(C(F)(F)F)C=Cc2cc(C)c(NCC(C)C)cc2O1. The number of rotatable bonds is 4. The molecule has 0 fully saturated rings. The molecule has 0 spiro atoms. The third-order valence-corrected chi connectivity index (χ3v) is 3.89. The highest BCUT2D eigenvalue weighted by Crippen LogP contribution is 2.44. The van der Waals surface area contributed by atoms with Crippen LogP contribution in [-0.4, -0.2) is 18.3 Å². The van der Waals surface area contributed by atoms with Crippen LogP contribution in [0.1, 0.15) is 38.3 Å². The monoisotopic (exact) mass is 313 g/mol. The van der Waals surface area contributed by atoms with Crippen LogP contribution in [0.25, 0.3) is 6.08 Å². The Labute approximate surface area is 129 Å². The van der Waals surface area contributed by atoms with E-state index < -0.39 is 11.8 Å². The summed E-state index contributed by atoms with van der Waals surface area (Å²) in [4.78, 5) is 0. The summed E-state index contributed by atoms with van der Waals surface area (Å²) in [5.74, 6) is 0.722. The predicted molar refractivity (Wildman–Crippen MR) is 83.2 cm³/mol. The molecule has 1 atom stereocenters. The average molecular weight is 313 g/mol. The maximum absolute atomic E-state index is 13.3. The molecule has 1 heterocycles. The molecule has 1 aromatic rings. The Morgan fingerprint density at radius 3 is 2.50 bits per heavy atom. The van der Waals surface area contributed by atoms with Crippen molar-refractivity contribution in [1.29, 1.82) is 0 Å². The first-order valence-electron chi connectivity index (χ1n) is 7.52. The fourth-order valence-electron chi connectivity index (χ4n) is 2.43. The summed E-state index contributed by atoms with van der Waals surface area (Å²) < 4.78 is 45.4. The van der Waals surface area contributed by atoms with Crippen molar-refractivity contribution in [2.24, 2.45) is 5.92 Å². The first kappa shape index (κ1) is 16.7. The zero-order valence-electron chi connectivity index (χ0n) is 13.3. The number of alkyl halides is 3. The second-order valence-corrected chi connectivity index (χ2v) is 6.16. The molecule has 1 aromatic carbocycles. The summed E-state index contributed by atoms with van der Waals surface area (Å²) in [7, 11) is 0. The molecule has 1 N–H and O–H groups in total. The maximum Gasteiger partial charge on any atom is 0.432 e. The first-order chi connectivity index (χ1) is 10.2. The van der Waals surface area contributed by atoms with Gasteiger partial charge in [0.25, 0.3) is 0 Å². The number of hydrogen-bond donors (Lipinski definition) is 1. The van der Waals surface area contributed by atoms with Crippen LogP contribution in [-0.2, 0) is 0 Å². The van der Waals surface area contributed by atoms with E-state index in [2.05, 4.69) is 19.2 Å². The molecule has 0 radical (unpaired) electrons. The molecule has 0 amide bonds. The number of aryl methyl sites for hydroxylation is 1. The van der Waals surface area contributed by atoms with E-state index in [4.69, 9.17) is 4.74 Å². The molecule has 0 aromatic heterocycles. The van der Waals surface area contributed by atoms with Crippen molar-refractivity contribution in [3.63, 3.8) is 0 Å². The van der Waals surface area contributed by atoms with Crippen molar-refractivity contribution < 1.29 is 17.9 Å². The predicted octanol–water partition coefficient (Wildman–Crippen LogP) is 5.18. The second-order valence-electron chi connectivity index (χ2n) is 6.16. The van der Waals surface area contributed by atoms with Crippen LogP contribution in [0, 0.1) is 12.8 Å². The van der Waals surface area contributed by atoms with Crippen LogP contribution >= 0.6 is 0 Å². The molecule has 22 heavy (non-hydrogen) atoms. The second kappa shape index (κ2) is 5.86. The molecule has 2 nitrogen and oxygen atoms in total. The van der Waals surface area contributed by atoms with E-state index in [1.807, 2.05) is 13.0 Å². The molecule has 0 saturated carbocycles. The van der Waals surface area contributed by atoms with Crippen molar-refractivity contribution in [3.05, 3.63) is 29.3 Å². The molecule has 0 bridgehead atoms. The summed E-state index contributed by atoms with van der Waals surface area (Å²) in [5, 5.41) is 3.26. The number of hydrogen-bond acceptors (Lipinski definition) is 2. The van der Waals surface area contributed by atoms with Gasteiger partial charge in [-0.1, -0.05) is 26.8 Å². The van der Waals surface area contributed by atoms with Crippen LogP contribution in [0.3, 0.4) is 0 Å². The molecule has 1 aliphatic heterocycles. The van der Waals surface area contributed by atoms with Crippen molar-refractivity contribution in [2.45, 2.75) is 45.9 Å². The Kier molecular flexibility index (Phi) is 4.45. The summed E-state index contributed by atoms with van der Waals surface area (Å²) in [6.07, 6.45) is -1.97. The zero-order valence-corrected chi connectivity index (χ0v) is 13.3. The summed E-state index contributed by atoms with van der Waals surface area (Å²) >= 11 is 0. The Hall–Kier alpha value is -1.65. The van der Waals surface area contributed by atoms with Crippen molar-refractivity contribution in [3.8, 4) is 5.75 Å². The van der Waals surface area contributed by atoms with Gasteiger partial charge in [0.15, 0.2) is 0 Å². The third kappa shape index (κ3) is 3.08. The van der Waals surface area contributed by atoms with Gasteiger partial charge in [0.05, 0.1) is 0 Å². The van der Waals surface area contributed by atoms with Gasteiger partial charge >= 0.3 is 6.18 Å². The zero-order chi connectivity index (χ0) is 16.5. The van der Waals surface area contributed by atoms with Gasteiger partial charge in [-0.15, -0.1) is 0 Å². The number of nitrogens with one attached hydrogen (secondary N) is 1. The van der Waals surface area contributed by atoms with Crippen LogP contribution in [0.4, 0.5) is 18.9 Å². The van der Waals surface area contributed by atoms with Gasteiger partial charge in [0.1, 0.15) is 5.75 Å². The lowest BCUT2D eigenvalue weighted by Crippen LogP contribution is -2.49. The maximum atomic E-state index is 13.3. The number of anilines is 1. The minimum absolute atomic E-state index is 0.158. The summed E-state index contributed by atoms with van der Waals surface area (Å²) in [6, 6.07) is 3.52. The highest BCUT2D eigenvalue weighted by molar-refractivity contribution is 5.68. The van der Waals surface area contributed by atoms with Crippen molar-refractivity contribution >= 4 is 11.8 Å². The molecule has 5 heteroatoms. The number of ether oxygens (including phenoxy) is 1. The van der Waals surface area contributed by atoms with E-state index in [0.717, 1.165) is 23.9 Å². The minimum Gasteiger partial charge on any atom is -0.473 e. The molecule has 1 aliphatic rings. The van der Waals surface area contributed by atoms with Gasteiger partial charge in [0, 0.05) is 23.9 Å². The minimum atomic E-state index is -4.44. The largest absolute Gasteiger partial charge is 0.473 e. The molecule has 1 unspecified atom stereocenters. The third-order valence-electron chi connectivity index (χ3n) is 3.89. The number of halogens is 3. The fourth-order valence-corrected chi connectivity index (χ4v) is 2.43. The summed E-state index contributed by atoms with van der Waals surface area (Å²) in [6.45, 7) is 8.32. The van der Waals surface area contributed by atoms with Gasteiger partial charge in [0.2, 0.25) is 5.60 Å². The van der Waals surface area contributed by atoms with E-state index in [9.17, 15) is 13.2 Å². The van der Waals surface area contributed by atoms with E-state index in [1.165, 1.54) is 13.0 Å². The van der Waals surface area contributed by atoms with Crippen molar-refractivity contribution in [2.75, 3.05) is 11.9 Å². The number of fused-ring (bicyclic) bond motifs is 1. The van der Waals surface area contributed by atoms with Gasteiger partial charge in [-0.2, -0.15) is 13.2 Å². The van der Waals surface area contributed by atoms with Gasteiger partial charge in [-0.05, 0) is 37.0 Å². The Balaban J connectivity index is 2.36.